The van der Waals surface area contributed by atoms with E-state index in [4.69, 9.17) is 10.2 Å². The van der Waals surface area contributed by atoms with Crippen LogP contribution in [0.5, 0.6) is 0 Å². The Balaban J connectivity index is 1.42. The van der Waals surface area contributed by atoms with Crippen molar-refractivity contribution in [2.24, 2.45) is 5.92 Å². The number of hydrogen-bond donors (Lipinski definition) is 2. The second kappa shape index (κ2) is 7.44. The Bertz CT molecular complexity index is 1180. The maximum absolute atomic E-state index is 12.5. The first-order valence-electron chi connectivity index (χ1n) is 9.06. The number of anilines is 1. The molecule has 4 rings (SSSR count). The number of aromatic amines is 1. The minimum Gasteiger partial charge on any atom is -0.416 e. The lowest BCUT2D eigenvalue weighted by molar-refractivity contribution is 0.102. The summed E-state index contributed by atoms with van der Waals surface area (Å²) in [6.45, 7) is 0. The van der Waals surface area contributed by atoms with Crippen molar-refractivity contribution < 1.29 is 17.6 Å². The summed E-state index contributed by atoms with van der Waals surface area (Å²) >= 11 is 0.950. The summed E-state index contributed by atoms with van der Waals surface area (Å²) in [4.78, 5) is 38.7. The number of carbonyl (C=O) groups is 1. The Morgan fingerprint density at radius 3 is 2.69 bits per heavy atom. The van der Waals surface area contributed by atoms with E-state index in [1.807, 2.05) is 0 Å². The smallest absolute Gasteiger partial charge is 0.330 e. The van der Waals surface area contributed by atoms with E-state index in [1.54, 1.807) is 0 Å². The topological polar surface area (TPSA) is 171 Å². The van der Waals surface area contributed by atoms with Gasteiger partial charge < -0.3 is 10.2 Å². The number of nitrogens with one attached hydrogen (secondary N) is 1. The van der Waals surface area contributed by atoms with E-state index in [9.17, 15) is 22.8 Å². The molecule has 3 heterocycles. The van der Waals surface area contributed by atoms with Gasteiger partial charge in [0.1, 0.15) is 11.4 Å². The van der Waals surface area contributed by atoms with Crippen LogP contribution in [0.25, 0.3) is 0 Å². The van der Waals surface area contributed by atoms with Crippen molar-refractivity contribution in [1.82, 2.24) is 19.7 Å². The third-order valence-electron chi connectivity index (χ3n) is 4.94. The summed E-state index contributed by atoms with van der Waals surface area (Å²) in [5.74, 6) is -0.320. The van der Waals surface area contributed by atoms with Gasteiger partial charge in [0.15, 0.2) is 15.6 Å². The van der Waals surface area contributed by atoms with Crippen molar-refractivity contribution in [3.63, 3.8) is 0 Å². The third-order valence-corrected chi connectivity index (χ3v) is 7.59. The van der Waals surface area contributed by atoms with Gasteiger partial charge in [-0.2, -0.15) is 0 Å². The molecule has 156 valence electrons. The number of nitrogens with zero attached hydrogens (tertiary/aromatic N) is 3. The minimum absolute atomic E-state index is 0.0539. The predicted molar refractivity (Wildman–Crippen MR) is 104 cm³/mol. The van der Waals surface area contributed by atoms with E-state index in [1.165, 1.54) is 4.57 Å². The van der Waals surface area contributed by atoms with Crippen LogP contribution in [0.4, 0.5) is 5.82 Å². The van der Waals surface area contributed by atoms with Crippen molar-refractivity contribution in [2.75, 3.05) is 23.0 Å². The average molecular weight is 441 g/mol. The van der Waals surface area contributed by atoms with Gasteiger partial charge in [0, 0.05) is 12.5 Å². The van der Waals surface area contributed by atoms with Crippen LogP contribution in [0.3, 0.4) is 0 Å². The summed E-state index contributed by atoms with van der Waals surface area (Å²) in [5.41, 5.74) is 4.24. The minimum atomic E-state index is -2.99. The molecule has 2 aliphatic rings. The first-order valence-corrected chi connectivity index (χ1v) is 11.9. The number of carbonyl (C=O) groups excluding carboxylic acids is 1. The number of H-pyrrole nitrogens is 1. The number of sulfone groups is 1. The number of Topliss-reactive ketones (excluding diaryl/α,β-unsaturated/α-hetero) is 1. The molecule has 0 bridgehead atoms. The molecular formula is C16H19N5O6S2. The highest BCUT2D eigenvalue weighted by Crippen LogP contribution is 2.35. The molecule has 29 heavy (non-hydrogen) atoms. The number of aromatic nitrogens is 4. The zero-order chi connectivity index (χ0) is 20.8. The maximum atomic E-state index is 12.5. The summed E-state index contributed by atoms with van der Waals surface area (Å²) in [5, 5.41) is 7.87. The van der Waals surface area contributed by atoms with Crippen LogP contribution in [0.2, 0.25) is 0 Å². The van der Waals surface area contributed by atoms with Crippen LogP contribution in [0.1, 0.15) is 41.6 Å². The average Bonchev–Trinajstić information content (AvgIpc) is 3.25. The zero-order valence-corrected chi connectivity index (χ0v) is 16.9. The van der Waals surface area contributed by atoms with Gasteiger partial charge in [-0.1, -0.05) is 11.8 Å². The van der Waals surface area contributed by atoms with Crippen LogP contribution in [0.15, 0.2) is 19.2 Å². The van der Waals surface area contributed by atoms with Gasteiger partial charge in [-0.15, -0.1) is 10.2 Å². The number of nitrogens with two attached hydrogens (primary N) is 1. The van der Waals surface area contributed by atoms with Crippen LogP contribution >= 0.6 is 11.8 Å². The van der Waals surface area contributed by atoms with Crippen LogP contribution in [-0.2, 0) is 16.3 Å². The molecule has 1 saturated heterocycles. The highest BCUT2D eigenvalue weighted by atomic mass is 32.2. The van der Waals surface area contributed by atoms with Crippen molar-refractivity contribution in [1.29, 1.82) is 0 Å². The van der Waals surface area contributed by atoms with E-state index >= 15 is 0 Å². The second-order valence-corrected chi connectivity index (χ2v) is 10.4. The first-order chi connectivity index (χ1) is 13.7. The molecule has 0 unspecified atom stereocenters. The first kappa shape index (κ1) is 19.9. The van der Waals surface area contributed by atoms with Gasteiger partial charge in [0.25, 0.3) is 10.8 Å². The lowest BCUT2D eigenvalue weighted by atomic mass is 10.1. The zero-order valence-electron chi connectivity index (χ0n) is 15.3. The molecular weight excluding hydrogens is 422 g/mol. The predicted octanol–water partition coefficient (Wildman–Crippen LogP) is -0.211. The molecule has 2 aromatic heterocycles. The van der Waals surface area contributed by atoms with Gasteiger partial charge in [-0.05, 0) is 25.2 Å². The lowest BCUT2D eigenvalue weighted by Gasteiger charge is -2.10. The summed E-state index contributed by atoms with van der Waals surface area (Å²) in [6.07, 6.45) is 2.46. The highest BCUT2D eigenvalue weighted by Gasteiger charge is 2.31. The van der Waals surface area contributed by atoms with Gasteiger partial charge in [-0.25, -0.2) is 13.2 Å². The fourth-order valence-electron chi connectivity index (χ4n) is 3.39. The van der Waals surface area contributed by atoms with E-state index in [2.05, 4.69) is 15.2 Å². The van der Waals surface area contributed by atoms with Crippen molar-refractivity contribution in [2.45, 2.75) is 36.9 Å². The Morgan fingerprint density at radius 2 is 2.03 bits per heavy atom. The van der Waals surface area contributed by atoms with Gasteiger partial charge >= 0.3 is 5.69 Å². The summed E-state index contributed by atoms with van der Waals surface area (Å²) < 4.78 is 29.8. The molecule has 3 N–H and O–H groups in total. The van der Waals surface area contributed by atoms with Crippen LogP contribution in [-0.4, -0.2) is 51.2 Å². The summed E-state index contributed by atoms with van der Waals surface area (Å²) in [7, 11) is -2.99. The SMILES string of the molecule is Nc1c(C(=O)CSc2nnc(C[C@H]3CCS(=O)(=O)C3)o2)c(=O)[nH]c(=O)n1C1CC1. The van der Waals surface area contributed by atoms with Gasteiger partial charge in [0.2, 0.25) is 5.89 Å². The van der Waals surface area contributed by atoms with Gasteiger partial charge in [-0.3, -0.25) is 19.1 Å². The fourth-order valence-corrected chi connectivity index (χ4v) is 5.90. The van der Waals surface area contributed by atoms with Crippen molar-refractivity contribution >= 4 is 33.2 Å². The van der Waals surface area contributed by atoms with E-state index in [0.29, 0.717) is 18.7 Å². The highest BCUT2D eigenvalue weighted by molar-refractivity contribution is 7.99. The normalized spacial score (nSPS) is 20.8. The Labute approximate surface area is 169 Å². The third kappa shape index (κ3) is 4.29. The standard InChI is InChI=1S/C16H19N5O6S2/c17-13-12(14(23)18-15(24)21(13)9-1-2-9)10(22)6-28-16-20-19-11(27-16)5-8-3-4-29(25,26)7-8/h8-9H,1-7,17H2,(H,18,23,24)/t8-/m1/s1. The van der Waals surface area contributed by atoms with Crippen molar-refractivity contribution in [3.8, 4) is 0 Å². The molecule has 1 aliphatic carbocycles. The quantitative estimate of drug-likeness (QED) is 0.432. The molecule has 0 radical (unpaired) electrons. The van der Waals surface area contributed by atoms with E-state index < -0.39 is 26.9 Å². The molecule has 13 heteroatoms. The number of ketones is 1. The van der Waals surface area contributed by atoms with E-state index in [-0.39, 0.29) is 45.8 Å². The largest absolute Gasteiger partial charge is 0.416 e. The molecule has 11 nitrogen and oxygen atoms in total. The Hall–Kier alpha value is -2.41. The fraction of sp³-hybridized carbons (Fsp3) is 0.562. The second-order valence-electron chi connectivity index (χ2n) is 7.27. The number of nitrogen functional groups attached to an aromatic ring is 1. The number of hydrogen-bond acceptors (Lipinski definition) is 10. The van der Waals surface area contributed by atoms with Gasteiger partial charge in [0.05, 0.1) is 17.3 Å². The molecule has 0 amide bonds. The van der Waals surface area contributed by atoms with Crippen LogP contribution in [0, 0.1) is 5.92 Å². The van der Waals surface area contributed by atoms with E-state index in [0.717, 1.165) is 24.6 Å². The molecule has 0 spiro atoms. The monoisotopic (exact) mass is 441 g/mol. The molecule has 1 atom stereocenters. The Morgan fingerprint density at radius 1 is 1.28 bits per heavy atom. The molecule has 1 aliphatic heterocycles. The number of rotatable bonds is 7. The molecule has 1 saturated carbocycles. The lowest BCUT2D eigenvalue weighted by Crippen LogP contribution is -2.36. The molecule has 2 aromatic rings. The Kier molecular flexibility index (Phi) is 5.11. The maximum Gasteiger partial charge on any atom is 0.330 e. The molecule has 0 aromatic carbocycles. The van der Waals surface area contributed by atoms with Crippen molar-refractivity contribution in [3.05, 3.63) is 32.3 Å². The van der Waals surface area contributed by atoms with Crippen LogP contribution < -0.4 is 17.0 Å². The number of thioether (sulfide) groups is 1. The molecule has 2 fully saturated rings. The summed E-state index contributed by atoms with van der Waals surface area (Å²) in [6, 6.07) is -0.0866.